The highest BCUT2D eigenvalue weighted by atomic mass is 16.3. The van der Waals surface area contributed by atoms with Crippen LogP contribution in [0, 0.1) is 0 Å². The summed E-state index contributed by atoms with van der Waals surface area (Å²) in [6.45, 7) is 0. The highest BCUT2D eigenvalue weighted by Gasteiger charge is 2.19. The molecular formula is C56H34N6O. The molecule has 0 aliphatic rings. The van der Waals surface area contributed by atoms with E-state index in [2.05, 4.69) is 166 Å². The van der Waals surface area contributed by atoms with E-state index < -0.39 is 0 Å². The molecule has 6 aromatic heterocycles. The van der Waals surface area contributed by atoms with E-state index in [9.17, 15) is 0 Å². The molecule has 294 valence electrons. The number of furan rings is 1. The van der Waals surface area contributed by atoms with Crippen molar-refractivity contribution in [2.75, 3.05) is 0 Å². The van der Waals surface area contributed by atoms with E-state index in [1.54, 1.807) is 6.20 Å². The van der Waals surface area contributed by atoms with Gasteiger partial charge in [-0.1, -0.05) is 127 Å². The zero-order chi connectivity index (χ0) is 41.4. The van der Waals surface area contributed by atoms with Gasteiger partial charge < -0.3 is 4.42 Å². The first-order chi connectivity index (χ1) is 31.2. The number of fused-ring (bicyclic) bond motifs is 9. The second kappa shape index (κ2) is 13.9. The number of nitrogens with zero attached hydrogens (tertiary/aromatic N) is 6. The Labute approximate surface area is 360 Å². The van der Waals surface area contributed by atoms with Crippen molar-refractivity contribution in [1.29, 1.82) is 0 Å². The van der Waals surface area contributed by atoms with Gasteiger partial charge in [0.15, 0.2) is 17.0 Å². The van der Waals surface area contributed by atoms with Crippen molar-refractivity contribution in [3.8, 4) is 56.5 Å². The second-order valence-corrected chi connectivity index (χ2v) is 15.9. The van der Waals surface area contributed by atoms with Crippen LogP contribution in [0.25, 0.3) is 122 Å². The van der Waals surface area contributed by atoms with Gasteiger partial charge in [0.25, 0.3) is 0 Å². The molecule has 0 saturated carbocycles. The Morgan fingerprint density at radius 3 is 1.57 bits per heavy atom. The quantitative estimate of drug-likeness (QED) is 0.167. The molecule has 0 aliphatic heterocycles. The molecule has 0 atom stereocenters. The summed E-state index contributed by atoms with van der Waals surface area (Å²) in [6.07, 6.45) is 1.78. The van der Waals surface area contributed by atoms with Gasteiger partial charge in [-0.2, -0.15) is 0 Å². The summed E-state index contributed by atoms with van der Waals surface area (Å²) >= 11 is 0. The molecular weight excluding hydrogens is 773 g/mol. The van der Waals surface area contributed by atoms with Gasteiger partial charge in [-0.3, -0.25) is 14.1 Å². The van der Waals surface area contributed by atoms with Crippen molar-refractivity contribution in [2.24, 2.45) is 0 Å². The highest BCUT2D eigenvalue weighted by Crippen LogP contribution is 2.39. The lowest BCUT2D eigenvalue weighted by atomic mass is 9.97. The van der Waals surface area contributed by atoms with Gasteiger partial charge in [-0.25, -0.2) is 15.0 Å². The normalized spacial score (nSPS) is 11.8. The molecule has 0 N–H and O–H groups in total. The highest BCUT2D eigenvalue weighted by molar-refractivity contribution is 6.12. The first kappa shape index (κ1) is 35.1. The van der Waals surface area contributed by atoms with Gasteiger partial charge in [0, 0.05) is 44.9 Å². The molecule has 7 nitrogen and oxygen atoms in total. The van der Waals surface area contributed by atoms with Crippen LogP contribution in [-0.4, -0.2) is 29.1 Å². The van der Waals surface area contributed by atoms with Crippen LogP contribution in [0.2, 0.25) is 0 Å². The van der Waals surface area contributed by atoms with Gasteiger partial charge in [0.1, 0.15) is 22.7 Å². The van der Waals surface area contributed by atoms with Gasteiger partial charge in [0.2, 0.25) is 0 Å². The summed E-state index contributed by atoms with van der Waals surface area (Å²) in [4.78, 5) is 20.0. The monoisotopic (exact) mass is 806 g/mol. The van der Waals surface area contributed by atoms with E-state index in [4.69, 9.17) is 19.4 Å². The lowest BCUT2D eigenvalue weighted by Crippen LogP contribution is -2.02. The predicted octanol–water partition coefficient (Wildman–Crippen LogP) is 14.0. The number of hydrogen-bond donors (Lipinski definition) is 0. The van der Waals surface area contributed by atoms with Crippen LogP contribution in [0.15, 0.2) is 211 Å². The molecule has 13 rings (SSSR count). The number of hydrogen-bond acceptors (Lipinski definition) is 5. The van der Waals surface area contributed by atoms with Crippen LogP contribution in [0.4, 0.5) is 0 Å². The molecule has 0 saturated heterocycles. The van der Waals surface area contributed by atoms with Gasteiger partial charge in [0.05, 0.1) is 27.8 Å². The number of pyridine rings is 2. The standard InChI is InChI=1S/C56H34N6O/c1-3-13-35(14-4-1)45-34-53(60-56(58-45)36-15-5-2-6-16-36)62-47-22-10-8-20-42(47)44-33-40(25-27-49(44)62)38-18-11-17-37(31-38)39-24-26-48-43(32-39)41-19-7-9-21-46(41)61(48)52-29-28-51-55(59-52)54-50(63-51)23-12-30-57-54/h1-34H. The Bertz CT molecular complexity index is 3860. The molecule has 0 spiro atoms. The smallest absolute Gasteiger partial charge is 0.162 e. The van der Waals surface area contributed by atoms with E-state index in [0.717, 1.165) is 106 Å². The van der Waals surface area contributed by atoms with Gasteiger partial charge >= 0.3 is 0 Å². The number of benzene rings is 7. The van der Waals surface area contributed by atoms with Crippen molar-refractivity contribution in [2.45, 2.75) is 0 Å². The Balaban J connectivity index is 0.920. The van der Waals surface area contributed by atoms with Crippen molar-refractivity contribution in [1.82, 2.24) is 29.1 Å². The van der Waals surface area contributed by atoms with Crippen LogP contribution >= 0.6 is 0 Å². The van der Waals surface area contributed by atoms with E-state index in [1.807, 2.05) is 48.5 Å². The molecule has 63 heavy (non-hydrogen) atoms. The maximum Gasteiger partial charge on any atom is 0.162 e. The Kier molecular flexibility index (Phi) is 7.77. The molecule has 0 bridgehead atoms. The molecule has 0 radical (unpaired) electrons. The minimum Gasteiger partial charge on any atom is -0.453 e. The Morgan fingerprint density at radius 1 is 0.333 bits per heavy atom. The molecule has 0 aliphatic carbocycles. The predicted molar refractivity (Wildman–Crippen MR) is 255 cm³/mol. The van der Waals surface area contributed by atoms with Crippen molar-refractivity contribution < 1.29 is 4.42 Å². The van der Waals surface area contributed by atoms with E-state index in [-0.39, 0.29) is 0 Å². The lowest BCUT2D eigenvalue weighted by molar-refractivity contribution is 0.667. The summed E-state index contributed by atoms with van der Waals surface area (Å²) < 4.78 is 10.6. The van der Waals surface area contributed by atoms with Crippen LogP contribution in [0.1, 0.15) is 0 Å². The van der Waals surface area contributed by atoms with Crippen LogP contribution in [0.3, 0.4) is 0 Å². The van der Waals surface area contributed by atoms with Crippen molar-refractivity contribution in [3.63, 3.8) is 0 Å². The van der Waals surface area contributed by atoms with Gasteiger partial charge in [-0.15, -0.1) is 0 Å². The number of rotatable bonds is 6. The fourth-order valence-corrected chi connectivity index (χ4v) is 9.28. The first-order valence-electron chi connectivity index (χ1n) is 21.0. The SMILES string of the molecule is c1ccc(-c2cc(-n3c4ccccc4c4cc(-c5cccc(-c6ccc7c(c6)c6ccccc6n7-c6ccc7oc8cccnc8c7n6)c5)ccc43)nc(-c3ccccc3)n2)cc1. The molecule has 0 unspecified atom stereocenters. The van der Waals surface area contributed by atoms with Gasteiger partial charge in [-0.05, 0) is 89.0 Å². The van der Waals surface area contributed by atoms with Crippen molar-refractivity contribution in [3.05, 3.63) is 206 Å². The first-order valence-corrected chi connectivity index (χ1v) is 21.0. The van der Waals surface area contributed by atoms with Crippen LogP contribution in [0.5, 0.6) is 0 Å². The zero-order valence-electron chi connectivity index (χ0n) is 33.7. The third-order valence-electron chi connectivity index (χ3n) is 12.2. The fourth-order valence-electron chi connectivity index (χ4n) is 9.28. The third-order valence-corrected chi connectivity index (χ3v) is 12.2. The molecule has 6 heterocycles. The average molecular weight is 807 g/mol. The largest absolute Gasteiger partial charge is 0.453 e. The Morgan fingerprint density at radius 2 is 0.889 bits per heavy atom. The average Bonchev–Trinajstić information content (AvgIpc) is 4.01. The third kappa shape index (κ3) is 5.67. The van der Waals surface area contributed by atoms with Crippen LogP contribution in [-0.2, 0) is 0 Å². The Hall–Kier alpha value is -8.68. The molecule has 0 fully saturated rings. The zero-order valence-corrected chi connectivity index (χ0v) is 33.7. The summed E-state index contributed by atoms with van der Waals surface area (Å²) in [5, 5.41) is 4.66. The molecule has 7 heteroatoms. The molecule has 0 amide bonds. The maximum absolute atomic E-state index is 6.06. The minimum absolute atomic E-state index is 0.688. The lowest BCUT2D eigenvalue weighted by Gasteiger charge is -2.12. The summed E-state index contributed by atoms with van der Waals surface area (Å²) in [5.41, 5.74) is 14.8. The number of para-hydroxylation sites is 2. The molecule has 7 aromatic carbocycles. The second-order valence-electron chi connectivity index (χ2n) is 15.9. The minimum atomic E-state index is 0.688. The molecule has 13 aromatic rings. The summed E-state index contributed by atoms with van der Waals surface area (Å²) in [6, 6.07) is 70.0. The summed E-state index contributed by atoms with van der Waals surface area (Å²) in [7, 11) is 0. The van der Waals surface area contributed by atoms with Crippen LogP contribution < -0.4 is 0 Å². The maximum atomic E-state index is 6.06. The van der Waals surface area contributed by atoms with E-state index in [0.29, 0.717) is 5.82 Å². The van der Waals surface area contributed by atoms with E-state index in [1.165, 1.54) is 10.8 Å². The number of aromatic nitrogens is 6. The van der Waals surface area contributed by atoms with Crippen molar-refractivity contribution >= 4 is 65.8 Å². The fraction of sp³-hybridized carbons (Fsp3) is 0. The summed E-state index contributed by atoms with van der Waals surface area (Å²) in [5.74, 6) is 2.33. The topological polar surface area (TPSA) is 74.6 Å². The van der Waals surface area contributed by atoms with E-state index >= 15 is 0 Å².